The summed E-state index contributed by atoms with van der Waals surface area (Å²) in [5, 5.41) is 2.76. The zero-order chi connectivity index (χ0) is 13.1. The van der Waals surface area contributed by atoms with Gasteiger partial charge in [-0.1, -0.05) is 22.0 Å². The molecule has 0 bridgehead atoms. The monoisotopic (exact) mass is 315 g/mol. The van der Waals surface area contributed by atoms with Gasteiger partial charge in [0.25, 0.3) is 0 Å². The van der Waals surface area contributed by atoms with Gasteiger partial charge in [0.05, 0.1) is 5.69 Å². The predicted octanol–water partition coefficient (Wildman–Crippen LogP) is 4.48. The minimum absolute atomic E-state index is 0.0880. The van der Waals surface area contributed by atoms with Gasteiger partial charge in [-0.2, -0.15) is 0 Å². The average Bonchev–Trinajstić information content (AvgIpc) is 2.30. The Morgan fingerprint density at radius 3 is 2.39 bits per heavy atom. The van der Waals surface area contributed by atoms with Crippen molar-refractivity contribution in [2.24, 2.45) is 0 Å². The van der Waals surface area contributed by atoms with Gasteiger partial charge in [-0.15, -0.1) is 0 Å². The molecule has 2 aromatic carbocycles. The van der Waals surface area contributed by atoms with Crippen LogP contribution in [0.25, 0.3) is 0 Å². The first-order chi connectivity index (χ1) is 8.56. The standard InChI is InChI=1S/C13H9BrF3N/c14-9-2-4-13(12(17)5-9)18-7-8-1-3-10(15)6-11(8)16/h1-6,18H,7H2. The van der Waals surface area contributed by atoms with E-state index >= 15 is 0 Å². The van der Waals surface area contributed by atoms with Crippen LogP contribution < -0.4 is 5.32 Å². The van der Waals surface area contributed by atoms with Crippen LogP contribution in [0.1, 0.15) is 5.56 Å². The molecular formula is C13H9BrF3N. The van der Waals surface area contributed by atoms with Crippen LogP contribution in [0, 0.1) is 17.5 Å². The van der Waals surface area contributed by atoms with E-state index < -0.39 is 17.5 Å². The van der Waals surface area contributed by atoms with Gasteiger partial charge in [0.15, 0.2) is 0 Å². The van der Waals surface area contributed by atoms with Crippen LogP contribution in [-0.4, -0.2) is 0 Å². The van der Waals surface area contributed by atoms with Gasteiger partial charge in [0.1, 0.15) is 17.5 Å². The van der Waals surface area contributed by atoms with Crippen LogP contribution in [-0.2, 0) is 6.54 Å². The minimum atomic E-state index is -0.653. The van der Waals surface area contributed by atoms with Crippen LogP contribution in [0.2, 0.25) is 0 Å². The van der Waals surface area contributed by atoms with Crippen LogP contribution in [0.3, 0.4) is 0 Å². The molecule has 18 heavy (non-hydrogen) atoms. The number of halogens is 4. The molecule has 0 unspecified atom stereocenters. The van der Waals surface area contributed by atoms with Crippen molar-refractivity contribution in [1.82, 2.24) is 0 Å². The van der Waals surface area contributed by atoms with Crippen molar-refractivity contribution in [3.05, 3.63) is 63.9 Å². The van der Waals surface area contributed by atoms with Gasteiger partial charge < -0.3 is 5.32 Å². The van der Waals surface area contributed by atoms with E-state index in [1.54, 1.807) is 12.1 Å². The fourth-order valence-corrected chi connectivity index (χ4v) is 1.82. The molecule has 0 fully saturated rings. The summed E-state index contributed by atoms with van der Waals surface area (Å²) in [5.74, 6) is -1.72. The molecule has 94 valence electrons. The van der Waals surface area contributed by atoms with Crippen molar-refractivity contribution < 1.29 is 13.2 Å². The van der Waals surface area contributed by atoms with E-state index in [-0.39, 0.29) is 17.8 Å². The third-order valence-electron chi connectivity index (χ3n) is 2.42. The van der Waals surface area contributed by atoms with Crippen LogP contribution >= 0.6 is 15.9 Å². The first-order valence-corrected chi connectivity index (χ1v) is 5.98. The summed E-state index contributed by atoms with van der Waals surface area (Å²) in [5.41, 5.74) is 0.542. The molecule has 2 rings (SSSR count). The third kappa shape index (κ3) is 3.04. The third-order valence-corrected chi connectivity index (χ3v) is 2.91. The molecule has 0 heterocycles. The van der Waals surface area contributed by atoms with Crippen molar-refractivity contribution in [2.75, 3.05) is 5.32 Å². The highest BCUT2D eigenvalue weighted by molar-refractivity contribution is 9.10. The van der Waals surface area contributed by atoms with E-state index in [2.05, 4.69) is 21.2 Å². The molecule has 0 aromatic heterocycles. The lowest BCUT2D eigenvalue weighted by atomic mass is 10.2. The highest BCUT2D eigenvalue weighted by atomic mass is 79.9. The zero-order valence-electron chi connectivity index (χ0n) is 9.18. The second-order valence-electron chi connectivity index (χ2n) is 3.71. The maximum absolute atomic E-state index is 13.5. The van der Waals surface area contributed by atoms with Gasteiger partial charge in [-0.3, -0.25) is 0 Å². The number of benzene rings is 2. The van der Waals surface area contributed by atoms with E-state index in [0.717, 1.165) is 12.1 Å². The van der Waals surface area contributed by atoms with Gasteiger partial charge in [0.2, 0.25) is 0 Å². The summed E-state index contributed by atoms with van der Waals surface area (Å²) in [6.07, 6.45) is 0. The molecule has 0 aliphatic carbocycles. The fraction of sp³-hybridized carbons (Fsp3) is 0.0769. The second-order valence-corrected chi connectivity index (χ2v) is 4.63. The smallest absolute Gasteiger partial charge is 0.147 e. The second kappa shape index (κ2) is 5.44. The average molecular weight is 316 g/mol. The minimum Gasteiger partial charge on any atom is -0.378 e. The molecule has 0 saturated carbocycles. The van der Waals surface area contributed by atoms with Gasteiger partial charge in [-0.05, 0) is 24.3 Å². The van der Waals surface area contributed by atoms with Crippen LogP contribution in [0.5, 0.6) is 0 Å². The number of anilines is 1. The molecule has 0 atom stereocenters. The molecule has 0 saturated heterocycles. The Hall–Kier alpha value is -1.49. The van der Waals surface area contributed by atoms with E-state index in [1.165, 1.54) is 12.1 Å². The van der Waals surface area contributed by atoms with Gasteiger partial charge in [-0.25, -0.2) is 13.2 Å². The Bertz CT molecular complexity index is 521. The highest BCUT2D eigenvalue weighted by Crippen LogP contribution is 2.20. The first-order valence-electron chi connectivity index (χ1n) is 5.19. The lowest BCUT2D eigenvalue weighted by Gasteiger charge is -2.08. The largest absolute Gasteiger partial charge is 0.378 e. The van der Waals surface area contributed by atoms with Crippen LogP contribution in [0.15, 0.2) is 40.9 Å². The van der Waals surface area contributed by atoms with E-state index in [4.69, 9.17) is 0 Å². The summed E-state index contributed by atoms with van der Waals surface area (Å²) in [6, 6.07) is 7.82. The van der Waals surface area contributed by atoms with Crippen molar-refractivity contribution >= 4 is 21.6 Å². The molecular weight excluding hydrogens is 307 g/mol. The Balaban J connectivity index is 2.11. The highest BCUT2D eigenvalue weighted by Gasteiger charge is 2.06. The van der Waals surface area contributed by atoms with Crippen molar-refractivity contribution in [3.8, 4) is 0 Å². The molecule has 0 aliphatic rings. The Labute approximate surface area is 111 Å². The maximum Gasteiger partial charge on any atom is 0.147 e. The predicted molar refractivity (Wildman–Crippen MR) is 67.8 cm³/mol. The Morgan fingerprint density at radius 1 is 0.944 bits per heavy atom. The number of nitrogens with one attached hydrogen (secondary N) is 1. The number of hydrogen-bond donors (Lipinski definition) is 1. The molecule has 0 spiro atoms. The molecule has 1 nitrogen and oxygen atoms in total. The normalized spacial score (nSPS) is 10.4. The summed E-state index contributed by atoms with van der Waals surface area (Å²) in [4.78, 5) is 0. The first kappa shape index (κ1) is 13.0. The molecule has 2 aromatic rings. The lowest BCUT2D eigenvalue weighted by molar-refractivity contribution is 0.573. The van der Waals surface area contributed by atoms with Crippen molar-refractivity contribution in [3.63, 3.8) is 0 Å². The van der Waals surface area contributed by atoms with Crippen molar-refractivity contribution in [1.29, 1.82) is 0 Å². The van der Waals surface area contributed by atoms with E-state index in [9.17, 15) is 13.2 Å². The zero-order valence-corrected chi connectivity index (χ0v) is 10.8. The fourth-order valence-electron chi connectivity index (χ4n) is 1.49. The molecule has 0 amide bonds. The molecule has 5 heteroatoms. The quantitative estimate of drug-likeness (QED) is 0.880. The summed E-state index contributed by atoms with van der Waals surface area (Å²) < 4.78 is 40.1. The topological polar surface area (TPSA) is 12.0 Å². The van der Waals surface area contributed by atoms with E-state index in [1.807, 2.05) is 0 Å². The Morgan fingerprint density at radius 2 is 1.72 bits per heavy atom. The van der Waals surface area contributed by atoms with Crippen LogP contribution in [0.4, 0.5) is 18.9 Å². The maximum atomic E-state index is 13.5. The lowest BCUT2D eigenvalue weighted by Crippen LogP contribution is -2.03. The van der Waals surface area contributed by atoms with Gasteiger partial charge >= 0.3 is 0 Å². The van der Waals surface area contributed by atoms with Gasteiger partial charge in [0, 0.05) is 22.6 Å². The summed E-state index contributed by atoms with van der Waals surface area (Å²) in [6.45, 7) is 0.0880. The molecule has 0 aliphatic heterocycles. The molecule has 1 N–H and O–H groups in total. The summed E-state index contributed by atoms with van der Waals surface area (Å²) >= 11 is 3.14. The number of hydrogen-bond acceptors (Lipinski definition) is 1. The number of rotatable bonds is 3. The summed E-state index contributed by atoms with van der Waals surface area (Å²) in [7, 11) is 0. The SMILES string of the molecule is Fc1ccc(CNc2ccc(Br)cc2F)c(F)c1. The van der Waals surface area contributed by atoms with E-state index in [0.29, 0.717) is 4.47 Å². The molecule has 0 radical (unpaired) electrons. The van der Waals surface area contributed by atoms with Crippen molar-refractivity contribution in [2.45, 2.75) is 6.54 Å². The Kier molecular flexibility index (Phi) is 3.91.